The van der Waals surface area contributed by atoms with Crippen LogP contribution in [0.5, 0.6) is 0 Å². The van der Waals surface area contributed by atoms with E-state index in [0.29, 0.717) is 0 Å². The van der Waals surface area contributed by atoms with Crippen LogP contribution in [0.25, 0.3) is 0 Å². The fourth-order valence-electron chi connectivity index (χ4n) is 5.57. The molecule has 1 saturated heterocycles. The maximum Gasteiger partial charge on any atom is 0.0101 e. The molecule has 1 N–H and O–H groups in total. The van der Waals surface area contributed by atoms with Crippen molar-refractivity contribution in [2.45, 2.75) is 51.0 Å². The zero-order valence-electron chi connectivity index (χ0n) is 11.4. The minimum atomic E-state index is 0.906. The molecule has 0 aromatic heterocycles. The van der Waals surface area contributed by atoms with Crippen LogP contribution in [0.3, 0.4) is 0 Å². The summed E-state index contributed by atoms with van der Waals surface area (Å²) in [6.07, 6.45) is 10.7. The first-order valence-electron chi connectivity index (χ1n) is 8.23. The van der Waals surface area contributed by atoms with E-state index in [-0.39, 0.29) is 0 Å². The summed E-state index contributed by atoms with van der Waals surface area (Å²) in [7, 11) is 0. The van der Waals surface area contributed by atoms with Gasteiger partial charge in [-0.1, -0.05) is 6.42 Å². The molecule has 1 aliphatic heterocycles. The minimum Gasteiger partial charge on any atom is -0.313 e. The van der Waals surface area contributed by atoms with Crippen molar-refractivity contribution in [2.24, 2.45) is 29.6 Å². The van der Waals surface area contributed by atoms with Gasteiger partial charge in [-0.3, -0.25) is 0 Å². The summed E-state index contributed by atoms with van der Waals surface area (Å²) in [6.45, 7) is 1.33. The molecule has 4 aliphatic rings. The van der Waals surface area contributed by atoms with E-state index in [1.54, 1.807) is 19.3 Å². The molecule has 3 aliphatic carbocycles. The van der Waals surface area contributed by atoms with Gasteiger partial charge in [-0.25, -0.2) is 0 Å². The Labute approximate surface area is 116 Å². The highest BCUT2D eigenvalue weighted by Crippen LogP contribution is 2.58. The van der Waals surface area contributed by atoms with E-state index in [1.807, 2.05) is 0 Å². The van der Waals surface area contributed by atoms with Gasteiger partial charge in [0, 0.05) is 6.04 Å². The van der Waals surface area contributed by atoms with Crippen LogP contribution in [0.1, 0.15) is 44.9 Å². The Morgan fingerprint density at radius 2 is 1.72 bits per heavy atom. The van der Waals surface area contributed by atoms with Gasteiger partial charge >= 0.3 is 0 Å². The maximum absolute atomic E-state index is 3.99. The van der Waals surface area contributed by atoms with Crippen LogP contribution in [0.4, 0.5) is 0 Å². The third-order valence-electron chi connectivity index (χ3n) is 6.44. The van der Waals surface area contributed by atoms with E-state index in [1.165, 1.54) is 43.7 Å². The van der Waals surface area contributed by atoms with Crippen LogP contribution in [0, 0.1) is 29.6 Å². The standard InChI is InChI=1S/C16H27NS/c1-2-13-12-8-15(14(13)3-1)16(9-12)17-10-11-4-6-18-7-5-11/h11-17H,1-10H2. The Balaban J connectivity index is 1.31. The summed E-state index contributed by atoms with van der Waals surface area (Å²) in [5, 5.41) is 3.99. The van der Waals surface area contributed by atoms with Crippen molar-refractivity contribution < 1.29 is 0 Å². The van der Waals surface area contributed by atoms with Crippen molar-refractivity contribution in [3.05, 3.63) is 0 Å². The van der Waals surface area contributed by atoms with Crippen LogP contribution in [0.15, 0.2) is 0 Å². The van der Waals surface area contributed by atoms with Crippen molar-refractivity contribution in [3.8, 4) is 0 Å². The molecule has 102 valence electrons. The minimum absolute atomic E-state index is 0.906. The first-order chi connectivity index (χ1) is 8.92. The lowest BCUT2D eigenvalue weighted by Gasteiger charge is -2.33. The first-order valence-corrected chi connectivity index (χ1v) is 9.38. The Hall–Kier alpha value is 0.310. The van der Waals surface area contributed by atoms with Crippen molar-refractivity contribution in [3.63, 3.8) is 0 Å². The molecule has 5 atom stereocenters. The number of hydrogen-bond donors (Lipinski definition) is 1. The van der Waals surface area contributed by atoms with Crippen LogP contribution in [-0.2, 0) is 0 Å². The summed E-state index contributed by atoms with van der Waals surface area (Å²) in [6, 6.07) is 0.906. The molecular formula is C16H27NS. The molecule has 0 amide bonds. The van der Waals surface area contributed by atoms with Crippen molar-refractivity contribution >= 4 is 11.8 Å². The third-order valence-corrected chi connectivity index (χ3v) is 7.49. The Kier molecular flexibility index (Phi) is 3.36. The average molecular weight is 265 g/mol. The Morgan fingerprint density at radius 1 is 0.889 bits per heavy atom. The second-order valence-corrected chi connectivity index (χ2v) is 8.45. The first kappa shape index (κ1) is 12.1. The van der Waals surface area contributed by atoms with Gasteiger partial charge in [-0.2, -0.15) is 11.8 Å². The smallest absolute Gasteiger partial charge is 0.0101 e. The Morgan fingerprint density at radius 3 is 2.61 bits per heavy atom. The van der Waals surface area contributed by atoms with Crippen molar-refractivity contribution in [2.75, 3.05) is 18.1 Å². The van der Waals surface area contributed by atoms with E-state index in [4.69, 9.17) is 0 Å². The SMILES string of the molecule is C1CC2C3CC(NCC4CCSCC4)C(C3)C2C1. The van der Waals surface area contributed by atoms with E-state index >= 15 is 0 Å². The van der Waals surface area contributed by atoms with E-state index < -0.39 is 0 Å². The third kappa shape index (κ3) is 2.04. The fourth-order valence-corrected chi connectivity index (χ4v) is 6.78. The van der Waals surface area contributed by atoms with Gasteiger partial charge in [0.15, 0.2) is 0 Å². The van der Waals surface area contributed by atoms with Crippen LogP contribution in [0.2, 0.25) is 0 Å². The van der Waals surface area contributed by atoms with Gasteiger partial charge in [-0.15, -0.1) is 0 Å². The van der Waals surface area contributed by atoms with Crippen LogP contribution in [-0.4, -0.2) is 24.1 Å². The number of fused-ring (bicyclic) bond motifs is 5. The predicted octanol–water partition coefficient (Wildman–Crippen LogP) is 3.54. The normalized spacial score (nSPS) is 47.7. The molecule has 1 heterocycles. The molecule has 0 aromatic rings. The lowest BCUT2D eigenvalue weighted by molar-refractivity contribution is 0.202. The highest BCUT2D eigenvalue weighted by molar-refractivity contribution is 7.99. The van der Waals surface area contributed by atoms with Gasteiger partial charge in [0.05, 0.1) is 0 Å². The van der Waals surface area contributed by atoms with Gasteiger partial charge < -0.3 is 5.32 Å². The molecule has 0 radical (unpaired) electrons. The Bertz CT molecular complexity index is 299. The fraction of sp³-hybridized carbons (Fsp3) is 1.00. The van der Waals surface area contributed by atoms with Gasteiger partial charge in [0.1, 0.15) is 0 Å². The molecule has 1 nitrogen and oxygen atoms in total. The molecule has 4 rings (SSSR count). The van der Waals surface area contributed by atoms with Gasteiger partial charge in [-0.05, 0) is 86.2 Å². The zero-order valence-corrected chi connectivity index (χ0v) is 12.3. The summed E-state index contributed by atoms with van der Waals surface area (Å²) in [4.78, 5) is 0. The molecule has 3 saturated carbocycles. The summed E-state index contributed by atoms with van der Waals surface area (Å²) in [5.74, 6) is 8.27. The summed E-state index contributed by atoms with van der Waals surface area (Å²) >= 11 is 2.15. The monoisotopic (exact) mass is 265 g/mol. The van der Waals surface area contributed by atoms with Crippen LogP contribution < -0.4 is 5.32 Å². The number of thioether (sulfide) groups is 1. The maximum atomic E-state index is 3.99. The lowest BCUT2D eigenvalue weighted by atomic mass is 9.79. The van der Waals surface area contributed by atoms with E-state index in [0.717, 1.165) is 35.6 Å². The van der Waals surface area contributed by atoms with Gasteiger partial charge in [0.2, 0.25) is 0 Å². The molecule has 18 heavy (non-hydrogen) atoms. The largest absolute Gasteiger partial charge is 0.313 e. The molecule has 2 heteroatoms. The second-order valence-electron chi connectivity index (χ2n) is 7.22. The van der Waals surface area contributed by atoms with Crippen molar-refractivity contribution in [1.82, 2.24) is 5.32 Å². The summed E-state index contributed by atoms with van der Waals surface area (Å²) in [5.41, 5.74) is 0. The predicted molar refractivity (Wildman–Crippen MR) is 78.9 cm³/mol. The highest BCUT2D eigenvalue weighted by atomic mass is 32.2. The van der Waals surface area contributed by atoms with Crippen LogP contribution >= 0.6 is 11.8 Å². The second kappa shape index (κ2) is 5.01. The molecule has 4 fully saturated rings. The topological polar surface area (TPSA) is 12.0 Å². The molecule has 2 bridgehead atoms. The number of rotatable bonds is 3. The quantitative estimate of drug-likeness (QED) is 0.837. The lowest BCUT2D eigenvalue weighted by Crippen LogP contribution is -2.41. The zero-order chi connectivity index (χ0) is 11.9. The number of hydrogen-bond acceptors (Lipinski definition) is 2. The molecule has 5 unspecified atom stereocenters. The van der Waals surface area contributed by atoms with E-state index in [9.17, 15) is 0 Å². The molecule has 0 aromatic carbocycles. The highest BCUT2D eigenvalue weighted by Gasteiger charge is 2.53. The van der Waals surface area contributed by atoms with E-state index in [2.05, 4.69) is 17.1 Å². The molecular weight excluding hydrogens is 238 g/mol. The summed E-state index contributed by atoms with van der Waals surface area (Å²) < 4.78 is 0. The van der Waals surface area contributed by atoms with Crippen molar-refractivity contribution in [1.29, 1.82) is 0 Å². The molecule has 0 spiro atoms. The number of nitrogens with one attached hydrogen (secondary N) is 1. The van der Waals surface area contributed by atoms with Gasteiger partial charge in [0.25, 0.3) is 0 Å². The average Bonchev–Trinajstić information content (AvgIpc) is 3.09.